The zero-order chi connectivity index (χ0) is 19.8. The molecule has 3 rings (SSSR count). The maximum absolute atomic E-state index is 13.1. The lowest BCUT2D eigenvalue weighted by Gasteiger charge is -2.21. The molecule has 5 heteroatoms. The van der Waals surface area contributed by atoms with Crippen molar-refractivity contribution in [2.75, 3.05) is 33.4 Å². The molecule has 0 spiro atoms. The number of hydrogen-bond donors (Lipinski definition) is 1. The highest BCUT2D eigenvalue weighted by Gasteiger charge is 2.11. The Kier molecular flexibility index (Phi) is 7.95. The van der Waals surface area contributed by atoms with E-state index in [-0.39, 0.29) is 5.82 Å². The average Bonchev–Trinajstić information content (AvgIpc) is 3.13. The van der Waals surface area contributed by atoms with Crippen LogP contribution in [0.15, 0.2) is 53.6 Å². The number of ether oxygens (including phenoxy) is 1. The fourth-order valence-corrected chi connectivity index (χ4v) is 4.50. The van der Waals surface area contributed by atoms with Crippen molar-refractivity contribution < 1.29 is 9.13 Å². The molecule has 0 saturated carbocycles. The third-order valence-electron chi connectivity index (χ3n) is 4.91. The summed E-state index contributed by atoms with van der Waals surface area (Å²) in [4.78, 5) is 7.17. The minimum Gasteiger partial charge on any atom is -0.383 e. The Labute approximate surface area is 171 Å². The Morgan fingerprint density at radius 2 is 1.89 bits per heavy atom. The van der Waals surface area contributed by atoms with E-state index in [1.54, 1.807) is 7.11 Å². The van der Waals surface area contributed by atoms with Crippen LogP contribution in [-0.2, 0) is 16.9 Å². The number of halogens is 1. The second-order valence-electron chi connectivity index (χ2n) is 6.99. The largest absolute Gasteiger partial charge is 0.383 e. The predicted octanol–water partition coefficient (Wildman–Crippen LogP) is 5.50. The number of hydrogen-bond acceptors (Lipinski definition) is 3. The third kappa shape index (κ3) is 5.60. The van der Waals surface area contributed by atoms with Crippen LogP contribution in [0.1, 0.15) is 24.5 Å². The molecule has 3 nitrogen and oxygen atoms in total. The molecule has 150 valence electrons. The predicted molar refractivity (Wildman–Crippen MR) is 117 cm³/mol. The molecule has 28 heavy (non-hydrogen) atoms. The van der Waals surface area contributed by atoms with Gasteiger partial charge in [0.2, 0.25) is 0 Å². The van der Waals surface area contributed by atoms with Gasteiger partial charge in [-0.25, -0.2) is 4.39 Å². The quantitative estimate of drug-likeness (QED) is 0.431. The van der Waals surface area contributed by atoms with E-state index < -0.39 is 0 Å². The number of aromatic amines is 1. The van der Waals surface area contributed by atoms with Crippen LogP contribution >= 0.6 is 11.8 Å². The molecule has 0 unspecified atom stereocenters. The molecule has 1 N–H and O–H groups in total. The van der Waals surface area contributed by atoms with Gasteiger partial charge in [0.25, 0.3) is 0 Å². The van der Waals surface area contributed by atoms with E-state index in [9.17, 15) is 4.39 Å². The number of thioether (sulfide) groups is 1. The lowest BCUT2D eigenvalue weighted by molar-refractivity contribution is 0.148. The van der Waals surface area contributed by atoms with Gasteiger partial charge in [-0.15, -0.1) is 11.8 Å². The van der Waals surface area contributed by atoms with Crippen molar-refractivity contribution in [3.63, 3.8) is 0 Å². The van der Waals surface area contributed by atoms with Crippen LogP contribution in [0, 0.1) is 5.82 Å². The number of fused-ring (bicyclic) bond motifs is 1. The molecule has 0 aliphatic heterocycles. The van der Waals surface area contributed by atoms with Gasteiger partial charge < -0.3 is 14.6 Å². The smallest absolute Gasteiger partial charge is 0.123 e. The molecule has 0 aliphatic carbocycles. The van der Waals surface area contributed by atoms with Gasteiger partial charge in [0, 0.05) is 47.9 Å². The Balaban J connectivity index is 1.71. The summed E-state index contributed by atoms with van der Waals surface area (Å²) in [6, 6.07) is 13.2. The van der Waals surface area contributed by atoms with Crippen molar-refractivity contribution in [2.24, 2.45) is 0 Å². The first-order valence-corrected chi connectivity index (χ1v) is 10.9. The van der Waals surface area contributed by atoms with Gasteiger partial charge >= 0.3 is 0 Å². The molecule has 3 aromatic rings. The normalized spacial score (nSPS) is 11.6. The fourth-order valence-electron chi connectivity index (χ4n) is 3.43. The van der Waals surface area contributed by atoms with Gasteiger partial charge in [-0.05, 0) is 54.8 Å². The summed E-state index contributed by atoms with van der Waals surface area (Å²) in [6.45, 7) is 6.08. The number of nitrogens with zero attached hydrogens (tertiary/aromatic N) is 1. The monoisotopic (exact) mass is 400 g/mol. The number of aromatic nitrogens is 1. The first-order chi connectivity index (χ1) is 13.7. The van der Waals surface area contributed by atoms with Gasteiger partial charge in [0.05, 0.1) is 6.61 Å². The van der Waals surface area contributed by atoms with E-state index in [4.69, 9.17) is 4.74 Å². The minimum absolute atomic E-state index is 0.186. The van der Waals surface area contributed by atoms with E-state index in [1.165, 1.54) is 33.5 Å². The SMILES string of the molecule is CCCN(CCOC)CCc1c[nH]c2cccc(SCc3ccc(F)cc3)c12. The van der Waals surface area contributed by atoms with Crippen molar-refractivity contribution in [1.82, 2.24) is 9.88 Å². The molecule has 0 saturated heterocycles. The van der Waals surface area contributed by atoms with E-state index in [0.717, 1.165) is 50.4 Å². The van der Waals surface area contributed by atoms with Gasteiger partial charge in [0.1, 0.15) is 5.82 Å². The molecule has 1 heterocycles. The molecule has 0 bridgehead atoms. The molecular weight excluding hydrogens is 371 g/mol. The second-order valence-corrected chi connectivity index (χ2v) is 8.01. The topological polar surface area (TPSA) is 28.3 Å². The molecule has 0 amide bonds. The van der Waals surface area contributed by atoms with E-state index in [2.05, 4.69) is 41.2 Å². The molecule has 1 aromatic heterocycles. The molecule has 2 aromatic carbocycles. The van der Waals surface area contributed by atoms with Crippen molar-refractivity contribution >= 4 is 22.7 Å². The lowest BCUT2D eigenvalue weighted by atomic mass is 10.1. The summed E-state index contributed by atoms with van der Waals surface area (Å²) < 4.78 is 18.4. The van der Waals surface area contributed by atoms with Crippen LogP contribution < -0.4 is 0 Å². The molecule has 0 atom stereocenters. The number of rotatable bonds is 11. The zero-order valence-electron chi connectivity index (χ0n) is 16.7. The highest BCUT2D eigenvalue weighted by Crippen LogP contribution is 2.32. The van der Waals surface area contributed by atoms with Crippen LogP contribution in [0.4, 0.5) is 4.39 Å². The summed E-state index contributed by atoms with van der Waals surface area (Å²) in [5.41, 5.74) is 3.67. The lowest BCUT2D eigenvalue weighted by Crippen LogP contribution is -2.30. The number of methoxy groups -OCH3 is 1. The summed E-state index contributed by atoms with van der Waals surface area (Å²) in [5.74, 6) is 0.647. The highest BCUT2D eigenvalue weighted by atomic mass is 32.2. The molecular formula is C23H29FN2OS. The van der Waals surface area contributed by atoms with Crippen LogP contribution in [-0.4, -0.2) is 43.2 Å². The van der Waals surface area contributed by atoms with Crippen LogP contribution in [0.3, 0.4) is 0 Å². The van der Waals surface area contributed by atoms with Gasteiger partial charge in [0.15, 0.2) is 0 Å². The molecule has 0 aliphatic rings. The van der Waals surface area contributed by atoms with Crippen LogP contribution in [0.25, 0.3) is 10.9 Å². The summed E-state index contributed by atoms with van der Waals surface area (Å²) in [5, 5.41) is 1.32. The maximum Gasteiger partial charge on any atom is 0.123 e. The van der Waals surface area contributed by atoms with E-state index >= 15 is 0 Å². The Bertz CT molecular complexity index is 863. The zero-order valence-corrected chi connectivity index (χ0v) is 17.5. The van der Waals surface area contributed by atoms with Gasteiger partial charge in [-0.3, -0.25) is 0 Å². The summed E-state index contributed by atoms with van der Waals surface area (Å²) >= 11 is 1.81. The van der Waals surface area contributed by atoms with Crippen LogP contribution in [0.2, 0.25) is 0 Å². The Hall–Kier alpha value is -1.82. The van der Waals surface area contributed by atoms with E-state index in [1.807, 2.05) is 23.9 Å². The van der Waals surface area contributed by atoms with Crippen molar-refractivity contribution in [1.29, 1.82) is 0 Å². The Morgan fingerprint density at radius 3 is 2.64 bits per heavy atom. The fraction of sp³-hybridized carbons (Fsp3) is 0.391. The number of H-pyrrole nitrogens is 1. The first kappa shape index (κ1) is 20.9. The molecule has 0 fully saturated rings. The summed E-state index contributed by atoms with van der Waals surface area (Å²) in [7, 11) is 1.76. The molecule has 0 radical (unpaired) electrons. The first-order valence-electron chi connectivity index (χ1n) is 9.88. The summed E-state index contributed by atoms with van der Waals surface area (Å²) in [6.07, 6.45) is 4.31. The van der Waals surface area contributed by atoms with Crippen LogP contribution in [0.5, 0.6) is 0 Å². The highest BCUT2D eigenvalue weighted by molar-refractivity contribution is 7.98. The van der Waals surface area contributed by atoms with E-state index in [0.29, 0.717) is 0 Å². The standard InChI is InChI=1S/C23H29FN2OS/c1-3-12-26(14-15-27-2)13-11-19-16-25-21-5-4-6-22(23(19)21)28-17-18-7-9-20(24)10-8-18/h4-10,16,25H,3,11-15,17H2,1-2H3. The van der Waals surface area contributed by atoms with Crippen molar-refractivity contribution in [2.45, 2.75) is 30.4 Å². The van der Waals surface area contributed by atoms with Gasteiger partial charge in [-0.2, -0.15) is 0 Å². The van der Waals surface area contributed by atoms with Crippen molar-refractivity contribution in [3.05, 3.63) is 65.6 Å². The van der Waals surface area contributed by atoms with Crippen molar-refractivity contribution in [3.8, 4) is 0 Å². The minimum atomic E-state index is -0.186. The Morgan fingerprint density at radius 1 is 1.07 bits per heavy atom. The maximum atomic E-state index is 13.1. The van der Waals surface area contributed by atoms with Gasteiger partial charge in [-0.1, -0.05) is 25.1 Å². The second kappa shape index (κ2) is 10.6. The number of benzene rings is 2. The average molecular weight is 401 g/mol. The third-order valence-corrected chi connectivity index (χ3v) is 6.03. The number of nitrogens with one attached hydrogen (secondary N) is 1.